The molecule has 3 aromatic rings. The Kier molecular flexibility index (Phi) is 3.89. The molecule has 0 aliphatic carbocycles. The number of hydrogen-bond donors (Lipinski definition) is 0. The van der Waals surface area contributed by atoms with Crippen LogP contribution in [0, 0.1) is 0 Å². The van der Waals surface area contributed by atoms with Gasteiger partial charge in [0.05, 0.1) is 12.3 Å². The molecule has 0 N–H and O–H groups in total. The lowest BCUT2D eigenvalue weighted by Crippen LogP contribution is -2.28. The number of rotatable bonds is 2. The Bertz CT molecular complexity index is 1040. The van der Waals surface area contributed by atoms with Gasteiger partial charge in [-0.05, 0) is 25.1 Å². The second-order valence-electron chi connectivity index (χ2n) is 5.42. The van der Waals surface area contributed by atoms with Crippen LogP contribution < -0.4 is 5.56 Å². The molecule has 2 heterocycles. The minimum absolute atomic E-state index is 0.0650. The Balaban J connectivity index is 2.07. The summed E-state index contributed by atoms with van der Waals surface area (Å²) in [5, 5.41) is 0. The summed E-state index contributed by atoms with van der Waals surface area (Å²) in [5.74, 6) is -0.135. The molecule has 0 amide bonds. The van der Waals surface area contributed by atoms with Crippen LogP contribution in [0.15, 0.2) is 69.3 Å². The van der Waals surface area contributed by atoms with Gasteiger partial charge in [0, 0.05) is 21.6 Å². The highest BCUT2D eigenvalue weighted by Gasteiger charge is 2.24. The van der Waals surface area contributed by atoms with E-state index in [1.54, 1.807) is 18.7 Å². The van der Waals surface area contributed by atoms with E-state index in [0.717, 1.165) is 15.4 Å². The van der Waals surface area contributed by atoms with Crippen molar-refractivity contribution in [1.82, 2.24) is 9.55 Å². The Morgan fingerprint density at radius 1 is 1.12 bits per heavy atom. The molecule has 0 unspecified atom stereocenters. The number of carbonyl (C=O) groups is 1. The molecule has 124 valence electrons. The first-order chi connectivity index (χ1) is 12.2. The van der Waals surface area contributed by atoms with Crippen LogP contribution in [0.25, 0.3) is 17.1 Å². The normalized spacial score (nSPS) is 11.7. The van der Waals surface area contributed by atoms with Crippen molar-refractivity contribution in [3.8, 4) is 17.1 Å². The zero-order valence-electron chi connectivity index (χ0n) is 13.4. The highest BCUT2D eigenvalue weighted by molar-refractivity contribution is 7.99. The van der Waals surface area contributed by atoms with Gasteiger partial charge in [0.25, 0.3) is 5.56 Å². The van der Waals surface area contributed by atoms with Crippen molar-refractivity contribution in [2.75, 3.05) is 6.61 Å². The zero-order valence-corrected chi connectivity index (χ0v) is 14.2. The summed E-state index contributed by atoms with van der Waals surface area (Å²) in [6, 6.07) is 15.4. The van der Waals surface area contributed by atoms with Gasteiger partial charge in [0.2, 0.25) is 0 Å². The summed E-state index contributed by atoms with van der Waals surface area (Å²) >= 11 is 1.58. The van der Waals surface area contributed by atoms with Crippen LogP contribution in [0.5, 0.6) is 0 Å². The highest BCUT2D eigenvalue weighted by atomic mass is 32.2. The van der Waals surface area contributed by atoms with E-state index in [4.69, 9.17) is 4.74 Å². The molecule has 1 aliphatic heterocycles. The van der Waals surface area contributed by atoms with Crippen LogP contribution in [0.3, 0.4) is 0 Å². The zero-order chi connectivity index (χ0) is 17.4. The van der Waals surface area contributed by atoms with E-state index in [9.17, 15) is 9.59 Å². The Morgan fingerprint density at radius 3 is 2.64 bits per heavy atom. The van der Waals surface area contributed by atoms with Gasteiger partial charge in [-0.2, -0.15) is 0 Å². The average molecular weight is 350 g/mol. The Morgan fingerprint density at radius 2 is 1.84 bits per heavy atom. The molecule has 4 rings (SSSR count). The van der Waals surface area contributed by atoms with Crippen LogP contribution in [-0.4, -0.2) is 22.1 Å². The summed E-state index contributed by atoms with van der Waals surface area (Å²) in [5.41, 5.74) is 1.08. The van der Waals surface area contributed by atoms with Crippen LogP contribution in [-0.2, 0) is 4.74 Å². The number of ether oxygens (including phenoxy) is 1. The van der Waals surface area contributed by atoms with E-state index >= 15 is 0 Å². The smallest absolute Gasteiger partial charge is 0.345 e. The average Bonchev–Trinajstić information content (AvgIpc) is 2.77. The molecule has 1 aliphatic rings. The SMILES string of the molecule is CCOC(=O)c1cnc2n(c1=O)-c1ccccc1Sc1ccccc1-2. The predicted octanol–water partition coefficient (Wildman–Crippen LogP) is 3.54. The molecule has 25 heavy (non-hydrogen) atoms. The lowest BCUT2D eigenvalue weighted by molar-refractivity contribution is 0.0523. The molecule has 0 spiro atoms. The highest BCUT2D eigenvalue weighted by Crippen LogP contribution is 2.41. The van der Waals surface area contributed by atoms with Crippen molar-refractivity contribution in [2.24, 2.45) is 0 Å². The number of fused-ring (bicyclic) bond motifs is 5. The first-order valence-corrected chi connectivity index (χ1v) is 8.68. The van der Waals surface area contributed by atoms with Gasteiger partial charge in [-0.3, -0.25) is 9.36 Å². The first-order valence-electron chi connectivity index (χ1n) is 7.86. The summed E-state index contributed by atoms with van der Waals surface area (Å²) in [6.07, 6.45) is 1.31. The van der Waals surface area contributed by atoms with E-state index in [1.807, 2.05) is 48.5 Å². The van der Waals surface area contributed by atoms with E-state index in [-0.39, 0.29) is 12.2 Å². The number of aromatic nitrogens is 2. The first kappa shape index (κ1) is 15.7. The summed E-state index contributed by atoms with van der Waals surface area (Å²) in [6.45, 7) is 1.91. The van der Waals surface area contributed by atoms with Gasteiger partial charge in [0.1, 0.15) is 11.4 Å². The van der Waals surface area contributed by atoms with Crippen LogP contribution in [0.4, 0.5) is 0 Å². The second kappa shape index (κ2) is 6.22. The monoisotopic (exact) mass is 350 g/mol. The van der Waals surface area contributed by atoms with E-state index in [2.05, 4.69) is 4.98 Å². The maximum Gasteiger partial charge on any atom is 0.345 e. The number of esters is 1. The van der Waals surface area contributed by atoms with Crippen molar-refractivity contribution < 1.29 is 9.53 Å². The number of hydrogen-bond acceptors (Lipinski definition) is 5. The van der Waals surface area contributed by atoms with Crippen molar-refractivity contribution in [3.05, 3.63) is 70.6 Å². The lowest BCUT2D eigenvalue weighted by atomic mass is 10.2. The molecule has 0 radical (unpaired) electrons. The summed E-state index contributed by atoms with van der Waals surface area (Å²) in [4.78, 5) is 31.6. The van der Waals surface area contributed by atoms with Crippen LogP contribution in [0.1, 0.15) is 17.3 Å². The van der Waals surface area contributed by atoms with Gasteiger partial charge in [-0.25, -0.2) is 9.78 Å². The molecular formula is C19H14N2O3S. The molecule has 1 aromatic heterocycles. The van der Waals surface area contributed by atoms with E-state index in [1.165, 1.54) is 10.8 Å². The van der Waals surface area contributed by atoms with Gasteiger partial charge < -0.3 is 4.74 Å². The molecule has 6 heteroatoms. The van der Waals surface area contributed by atoms with Crippen molar-refractivity contribution >= 4 is 17.7 Å². The minimum Gasteiger partial charge on any atom is -0.462 e. The molecule has 5 nitrogen and oxygen atoms in total. The Labute approximate surface area is 148 Å². The van der Waals surface area contributed by atoms with Gasteiger partial charge in [-0.15, -0.1) is 0 Å². The van der Waals surface area contributed by atoms with E-state index in [0.29, 0.717) is 11.5 Å². The minimum atomic E-state index is -0.655. The third-order valence-corrected chi connectivity index (χ3v) is 5.05. The Hall–Kier alpha value is -2.86. The molecule has 0 fully saturated rings. The summed E-state index contributed by atoms with van der Waals surface area (Å²) < 4.78 is 6.49. The van der Waals surface area contributed by atoms with Crippen molar-refractivity contribution in [3.63, 3.8) is 0 Å². The van der Waals surface area contributed by atoms with Crippen LogP contribution >= 0.6 is 11.8 Å². The van der Waals surface area contributed by atoms with E-state index < -0.39 is 11.5 Å². The third kappa shape index (κ3) is 2.55. The lowest BCUT2D eigenvalue weighted by Gasteiger charge is -2.13. The summed E-state index contributed by atoms with van der Waals surface area (Å²) in [7, 11) is 0. The van der Waals surface area contributed by atoms with Gasteiger partial charge in [0.15, 0.2) is 0 Å². The fourth-order valence-electron chi connectivity index (χ4n) is 2.80. The molecule has 0 saturated heterocycles. The number of para-hydroxylation sites is 1. The molecule has 2 aromatic carbocycles. The topological polar surface area (TPSA) is 61.2 Å². The number of nitrogens with zero attached hydrogens (tertiary/aromatic N) is 2. The van der Waals surface area contributed by atoms with Crippen molar-refractivity contribution in [2.45, 2.75) is 16.7 Å². The molecule has 0 bridgehead atoms. The number of benzene rings is 2. The van der Waals surface area contributed by atoms with Gasteiger partial charge >= 0.3 is 5.97 Å². The third-order valence-electron chi connectivity index (χ3n) is 3.91. The fraction of sp³-hybridized carbons (Fsp3) is 0.105. The largest absolute Gasteiger partial charge is 0.462 e. The molecule has 0 atom stereocenters. The number of carbonyl (C=O) groups excluding carboxylic acids is 1. The predicted molar refractivity (Wildman–Crippen MR) is 95.3 cm³/mol. The molecular weight excluding hydrogens is 336 g/mol. The standard InChI is InChI=1S/C19H14N2O3S/c1-2-24-19(23)13-11-20-17-12-7-3-5-9-15(12)25-16-10-6-4-8-14(16)21(17)18(13)22/h3-11H,2H2,1H3. The maximum atomic E-state index is 13.1. The molecule has 0 saturated carbocycles. The quantitative estimate of drug-likeness (QED) is 0.518. The maximum absolute atomic E-state index is 13.1. The second-order valence-corrected chi connectivity index (χ2v) is 6.51. The fourth-order valence-corrected chi connectivity index (χ4v) is 3.87. The van der Waals surface area contributed by atoms with Crippen LogP contribution in [0.2, 0.25) is 0 Å². The van der Waals surface area contributed by atoms with Crippen molar-refractivity contribution in [1.29, 1.82) is 0 Å². The van der Waals surface area contributed by atoms with Gasteiger partial charge in [-0.1, -0.05) is 42.1 Å².